The topological polar surface area (TPSA) is 153 Å². The molecule has 37 heavy (non-hydrogen) atoms. The number of rotatable bonds is 21. The molecule has 2 saturated heterocycles. The second-order valence-corrected chi connectivity index (χ2v) is 10.3. The van der Waals surface area contributed by atoms with E-state index in [1.807, 2.05) is 11.8 Å². The van der Waals surface area contributed by atoms with Gasteiger partial charge in [-0.1, -0.05) is 12.3 Å². The summed E-state index contributed by atoms with van der Waals surface area (Å²) < 4.78 is 15.9. The standard InChI is InChI=1S/C25H43N5O6S/c1-2-12-34-14-16-36-17-15-35-13-11-27-24(32)19(7-5-6-10-26)28-22(31)9-4-3-8-21-23-20(18-37-21)29-25(33)30-23/h1,19-21,23H,3-18,26H2,(H,27,32)(H,28,31)(H2,29,30,33)/t19-,20-,21-,23-/m0/s1. The van der Waals surface area contributed by atoms with Crippen LogP contribution in [0.1, 0.15) is 44.9 Å². The highest BCUT2D eigenvalue weighted by molar-refractivity contribution is 8.00. The predicted octanol–water partition coefficient (Wildman–Crippen LogP) is 0.125. The average molecular weight is 542 g/mol. The molecule has 0 aromatic carbocycles. The van der Waals surface area contributed by atoms with Gasteiger partial charge in [0.15, 0.2) is 0 Å². The average Bonchev–Trinajstić information content (AvgIpc) is 3.43. The van der Waals surface area contributed by atoms with E-state index in [1.54, 1.807) is 0 Å². The van der Waals surface area contributed by atoms with Gasteiger partial charge in [-0.15, -0.1) is 6.42 Å². The fraction of sp³-hybridized carbons (Fsp3) is 0.800. The number of nitrogens with one attached hydrogen (secondary N) is 4. The van der Waals surface area contributed by atoms with Gasteiger partial charge in [-0.2, -0.15) is 11.8 Å². The van der Waals surface area contributed by atoms with E-state index in [4.69, 9.17) is 26.4 Å². The lowest BCUT2D eigenvalue weighted by Crippen LogP contribution is -2.47. The Bertz CT molecular complexity index is 737. The second-order valence-electron chi connectivity index (χ2n) is 9.04. The van der Waals surface area contributed by atoms with Crippen LogP contribution in [0.4, 0.5) is 4.79 Å². The highest BCUT2D eigenvalue weighted by Crippen LogP contribution is 2.33. The SMILES string of the molecule is C#CCOCCOCCOCCNC(=O)[C@H](CCCCN)NC(=O)CCCC[C@@H]1SC[C@@H]2NC(=O)N[C@@H]21. The summed E-state index contributed by atoms with van der Waals surface area (Å²) >= 11 is 1.87. The number of hydrogen-bond acceptors (Lipinski definition) is 8. The molecule has 2 heterocycles. The third kappa shape index (κ3) is 12.8. The molecular formula is C25H43N5O6S. The van der Waals surface area contributed by atoms with E-state index in [-0.39, 0.29) is 36.5 Å². The molecule has 0 aromatic rings. The Hall–Kier alpha value is -2.04. The van der Waals surface area contributed by atoms with Gasteiger partial charge < -0.3 is 41.2 Å². The summed E-state index contributed by atoms with van der Waals surface area (Å²) in [4.78, 5) is 36.7. The highest BCUT2D eigenvalue weighted by atomic mass is 32.2. The number of unbranched alkanes of at least 4 members (excludes halogenated alkanes) is 2. The summed E-state index contributed by atoms with van der Waals surface area (Å²) in [7, 11) is 0. The third-order valence-corrected chi connectivity index (χ3v) is 7.66. The van der Waals surface area contributed by atoms with Gasteiger partial charge in [0, 0.05) is 24.0 Å². The van der Waals surface area contributed by atoms with Crippen LogP contribution in [0.2, 0.25) is 0 Å². The zero-order valence-corrected chi connectivity index (χ0v) is 22.5. The van der Waals surface area contributed by atoms with Crippen molar-refractivity contribution in [1.82, 2.24) is 21.3 Å². The zero-order chi connectivity index (χ0) is 26.7. The zero-order valence-electron chi connectivity index (χ0n) is 21.6. The Morgan fingerprint density at radius 2 is 1.84 bits per heavy atom. The van der Waals surface area contributed by atoms with Gasteiger partial charge in [-0.05, 0) is 38.6 Å². The van der Waals surface area contributed by atoms with E-state index in [9.17, 15) is 14.4 Å². The maximum atomic E-state index is 12.7. The number of carbonyl (C=O) groups excluding carboxylic acids is 3. The quantitative estimate of drug-likeness (QED) is 0.0781. The molecule has 4 amide bonds. The van der Waals surface area contributed by atoms with E-state index in [0.717, 1.165) is 37.9 Å². The van der Waals surface area contributed by atoms with Gasteiger partial charge >= 0.3 is 6.03 Å². The molecule has 2 aliphatic rings. The number of carbonyl (C=O) groups is 3. The number of urea groups is 1. The van der Waals surface area contributed by atoms with Gasteiger partial charge in [0.05, 0.1) is 45.1 Å². The Balaban J connectivity index is 1.57. The maximum Gasteiger partial charge on any atom is 0.315 e. The van der Waals surface area contributed by atoms with Crippen molar-refractivity contribution in [2.24, 2.45) is 5.73 Å². The lowest BCUT2D eigenvalue weighted by molar-refractivity contribution is -0.129. The molecule has 210 valence electrons. The monoisotopic (exact) mass is 541 g/mol. The third-order valence-electron chi connectivity index (χ3n) is 6.15. The highest BCUT2D eigenvalue weighted by Gasteiger charge is 2.42. The number of thioether (sulfide) groups is 1. The number of amides is 4. The Kier molecular flexibility index (Phi) is 16.1. The van der Waals surface area contributed by atoms with Crippen LogP contribution in [-0.2, 0) is 23.8 Å². The molecular weight excluding hydrogens is 498 g/mol. The summed E-state index contributed by atoms with van der Waals surface area (Å²) in [6.07, 6.45) is 10.1. The Labute approximate surface area is 224 Å². The first-order valence-electron chi connectivity index (χ1n) is 13.2. The van der Waals surface area contributed by atoms with Crippen LogP contribution in [0, 0.1) is 12.3 Å². The van der Waals surface area contributed by atoms with E-state index in [2.05, 4.69) is 27.2 Å². The number of ether oxygens (including phenoxy) is 3. The van der Waals surface area contributed by atoms with Gasteiger partial charge in [0.25, 0.3) is 0 Å². The van der Waals surface area contributed by atoms with Crippen LogP contribution in [0.15, 0.2) is 0 Å². The lowest BCUT2D eigenvalue weighted by Gasteiger charge is -2.19. The molecule has 0 aromatic heterocycles. The summed E-state index contributed by atoms with van der Waals surface area (Å²) in [6.45, 7) is 3.24. The van der Waals surface area contributed by atoms with Gasteiger partial charge in [-0.25, -0.2) is 4.79 Å². The minimum atomic E-state index is -0.587. The summed E-state index contributed by atoms with van der Waals surface area (Å²) in [5.74, 6) is 2.97. The van der Waals surface area contributed by atoms with Crippen molar-refractivity contribution in [2.45, 2.75) is 68.3 Å². The normalized spacial score (nSPS) is 21.0. The lowest BCUT2D eigenvalue weighted by atomic mass is 10.0. The van der Waals surface area contributed by atoms with E-state index >= 15 is 0 Å². The molecule has 0 spiro atoms. The molecule has 2 fully saturated rings. The summed E-state index contributed by atoms with van der Waals surface area (Å²) in [5, 5.41) is 12.0. The van der Waals surface area contributed by atoms with Crippen molar-refractivity contribution in [3.63, 3.8) is 0 Å². The molecule has 12 heteroatoms. The van der Waals surface area contributed by atoms with Crippen molar-refractivity contribution < 1.29 is 28.6 Å². The smallest absolute Gasteiger partial charge is 0.315 e. The van der Waals surface area contributed by atoms with Crippen LogP contribution < -0.4 is 27.0 Å². The van der Waals surface area contributed by atoms with E-state index < -0.39 is 6.04 Å². The maximum absolute atomic E-state index is 12.7. The minimum absolute atomic E-state index is 0.0856. The molecule has 0 aliphatic carbocycles. The summed E-state index contributed by atoms with van der Waals surface area (Å²) in [5.41, 5.74) is 5.59. The van der Waals surface area contributed by atoms with Gasteiger partial charge in [0.1, 0.15) is 12.6 Å². The van der Waals surface area contributed by atoms with E-state index in [1.165, 1.54) is 0 Å². The van der Waals surface area contributed by atoms with Crippen molar-refractivity contribution in [1.29, 1.82) is 0 Å². The molecule has 2 aliphatic heterocycles. The van der Waals surface area contributed by atoms with Gasteiger partial charge in [0.2, 0.25) is 11.8 Å². The van der Waals surface area contributed by atoms with Crippen molar-refractivity contribution >= 4 is 29.6 Å². The fourth-order valence-electron chi connectivity index (χ4n) is 4.24. The first-order valence-corrected chi connectivity index (χ1v) is 14.2. The number of terminal acetylenes is 1. The molecule has 0 saturated carbocycles. The predicted molar refractivity (Wildman–Crippen MR) is 143 cm³/mol. The van der Waals surface area contributed by atoms with Crippen molar-refractivity contribution in [2.75, 3.05) is 58.5 Å². The summed E-state index contributed by atoms with van der Waals surface area (Å²) in [6, 6.07) is -0.284. The van der Waals surface area contributed by atoms with Crippen LogP contribution in [0.3, 0.4) is 0 Å². The van der Waals surface area contributed by atoms with Crippen molar-refractivity contribution in [3.8, 4) is 12.3 Å². The number of nitrogens with two attached hydrogens (primary N) is 1. The molecule has 6 N–H and O–H groups in total. The minimum Gasteiger partial charge on any atom is -0.377 e. The molecule has 0 bridgehead atoms. The Morgan fingerprint density at radius 1 is 1.08 bits per heavy atom. The van der Waals surface area contributed by atoms with Crippen LogP contribution in [0.25, 0.3) is 0 Å². The fourth-order valence-corrected chi connectivity index (χ4v) is 5.79. The molecule has 2 rings (SSSR count). The van der Waals surface area contributed by atoms with Crippen LogP contribution in [-0.4, -0.2) is 99.7 Å². The van der Waals surface area contributed by atoms with E-state index in [0.29, 0.717) is 64.2 Å². The van der Waals surface area contributed by atoms with Gasteiger partial charge in [-0.3, -0.25) is 9.59 Å². The molecule has 11 nitrogen and oxygen atoms in total. The second kappa shape index (κ2) is 19.1. The van der Waals surface area contributed by atoms with Crippen LogP contribution >= 0.6 is 11.8 Å². The first kappa shape index (κ1) is 31.2. The first-order chi connectivity index (χ1) is 18.0. The number of hydrogen-bond donors (Lipinski definition) is 5. The molecule has 0 radical (unpaired) electrons. The molecule has 4 atom stereocenters. The van der Waals surface area contributed by atoms with Crippen LogP contribution in [0.5, 0.6) is 0 Å². The molecule has 0 unspecified atom stereocenters. The largest absolute Gasteiger partial charge is 0.377 e. The number of fused-ring (bicyclic) bond motifs is 1. The Morgan fingerprint density at radius 3 is 2.59 bits per heavy atom. The van der Waals surface area contributed by atoms with Crippen molar-refractivity contribution in [3.05, 3.63) is 0 Å².